The first kappa shape index (κ1) is 15.3. The third kappa shape index (κ3) is 4.00. The zero-order chi connectivity index (χ0) is 16.4. The van der Waals surface area contributed by atoms with E-state index in [2.05, 4.69) is 15.6 Å². The minimum Gasteiger partial charge on any atom is -0.354 e. The second-order valence-electron chi connectivity index (χ2n) is 5.40. The first-order chi connectivity index (χ1) is 10.9. The van der Waals surface area contributed by atoms with Crippen molar-refractivity contribution in [2.45, 2.75) is 19.0 Å². The number of alkyl halides is 3. The highest BCUT2D eigenvalue weighted by Crippen LogP contribution is 2.31. The van der Waals surface area contributed by atoms with Crippen LogP contribution in [0.1, 0.15) is 18.4 Å². The van der Waals surface area contributed by atoms with Gasteiger partial charge in [-0.3, -0.25) is 4.79 Å². The number of pyridine rings is 1. The van der Waals surface area contributed by atoms with Crippen LogP contribution in [0.5, 0.6) is 0 Å². The summed E-state index contributed by atoms with van der Waals surface area (Å²) in [6.07, 6.45) is -1.000. The van der Waals surface area contributed by atoms with E-state index in [9.17, 15) is 18.0 Å². The normalized spacial score (nSPS) is 14.4. The molecule has 0 aliphatic heterocycles. The number of rotatable bonds is 4. The van der Waals surface area contributed by atoms with Crippen LogP contribution in [0.15, 0.2) is 42.6 Å². The molecule has 0 radical (unpaired) electrons. The van der Waals surface area contributed by atoms with Gasteiger partial charge in [0.25, 0.3) is 0 Å². The number of anilines is 3. The van der Waals surface area contributed by atoms with Gasteiger partial charge in [0.15, 0.2) is 0 Å². The molecule has 0 saturated heterocycles. The van der Waals surface area contributed by atoms with E-state index >= 15 is 0 Å². The average Bonchev–Trinajstić information content (AvgIpc) is 3.34. The number of hydrogen-bond donors (Lipinski definition) is 2. The maximum Gasteiger partial charge on any atom is 0.416 e. The molecule has 1 saturated carbocycles. The minimum absolute atomic E-state index is 0.0269. The maximum absolute atomic E-state index is 12.5. The van der Waals surface area contributed by atoms with Crippen LogP contribution in [-0.4, -0.2) is 10.9 Å². The number of benzene rings is 1. The van der Waals surface area contributed by atoms with Crippen molar-refractivity contribution < 1.29 is 18.0 Å². The molecule has 3 rings (SSSR count). The number of carbonyl (C=O) groups excluding carboxylic acids is 1. The van der Waals surface area contributed by atoms with Crippen LogP contribution in [0.3, 0.4) is 0 Å². The van der Waals surface area contributed by atoms with Crippen molar-refractivity contribution >= 4 is 23.1 Å². The van der Waals surface area contributed by atoms with Gasteiger partial charge >= 0.3 is 6.18 Å². The molecule has 1 fully saturated rings. The summed E-state index contributed by atoms with van der Waals surface area (Å²) < 4.78 is 37.5. The van der Waals surface area contributed by atoms with Crippen molar-refractivity contribution in [3.63, 3.8) is 0 Å². The van der Waals surface area contributed by atoms with E-state index < -0.39 is 11.7 Å². The van der Waals surface area contributed by atoms with Crippen molar-refractivity contribution in [2.75, 3.05) is 10.6 Å². The van der Waals surface area contributed by atoms with Gasteiger partial charge in [0.2, 0.25) is 5.91 Å². The fourth-order valence-electron chi connectivity index (χ4n) is 2.02. The molecule has 120 valence electrons. The van der Waals surface area contributed by atoms with Gasteiger partial charge < -0.3 is 10.6 Å². The largest absolute Gasteiger partial charge is 0.416 e. The van der Waals surface area contributed by atoms with Gasteiger partial charge in [-0.05, 0) is 49.2 Å². The predicted molar refractivity (Wildman–Crippen MR) is 80.3 cm³/mol. The molecule has 4 nitrogen and oxygen atoms in total. The predicted octanol–water partition coefficient (Wildman–Crippen LogP) is 4.19. The highest BCUT2D eigenvalue weighted by atomic mass is 19.4. The fourth-order valence-corrected chi connectivity index (χ4v) is 2.02. The molecular weight excluding hydrogens is 307 g/mol. The number of nitrogens with zero attached hydrogens (tertiary/aromatic N) is 1. The van der Waals surface area contributed by atoms with Crippen molar-refractivity contribution in [3.8, 4) is 0 Å². The van der Waals surface area contributed by atoms with Gasteiger partial charge in [-0.25, -0.2) is 4.98 Å². The van der Waals surface area contributed by atoms with Gasteiger partial charge in [0.05, 0.1) is 17.4 Å². The zero-order valence-corrected chi connectivity index (χ0v) is 12.0. The fraction of sp³-hybridized carbons (Fsp3) is 0.250. The molecule has 1 amide bonds. The second-order valence-corrected chi connectivity index (χ2v) is 5.40. The summed E-state index contributed by atoms with van der Waals surface area (Å²) >= 11 is 0. The van der Waals surface area contributed by atoms with Crippen LogP contribution in [0.4, 0.5) is 30.4 Å². The molecule has 0 bridgehead atoms. The van der Waals surface area contributed by atoms with Gasteiger partial charge in [0, 0.05) is 11.6 Å². The topological polar surface area (TPSA) is 54.0 Å². The standard InChI is InChI=1S/C16H14F3N3O/c17-16(18,19)11-3-5-12(6-4-11)21-13-7-8-14(20-9-13)22-15(23)10-1-2-10/h3-10,21H,1-2H2,(H,20,22,23). The molecule has 1 heterocycles. The number of amides is 1. The number of nitrogens with one attached hydrogen (secondary N) is 2. The summed E-state index contributed by atoms with van der Waals surface area (Å²) in [5.74, 6) is 0.530. The van der Waals surface area contributed by atoms with Gasteiger partial charge in [-0.2, -0.15) is 13.2 Å². The van der Waals surface area contributed by atoms with Crippen molar-refractivity contribution in [1.29, 1.82) is 0 Å². The van der Waals surface area contributed by atoms with Crippen LogP contribution >= 0.6 is 0 Å². The second kappa shape index (κ2) is 5.91. The van der Waals surface area contributed by atoms with Crippen LogP contribution in [0.2, 0.25) is 0 Å². The maximum atomic E-state index is 12.5. The smallest absolute Gasteiger partial charge is 0.354 e. The Morgan fingerprint density at radius 1 is 1.04 bits per heavy atom. The van der Waals surface area contributed by atoms with E-state index in [1.54, 1.807) is 12.1 Å². The molecule has 1 aromatic heterocycles. The monoisotopic (exact) mass is 321 g/mol. The third-order valence-corrected chi connectivity index (χ3v) is 3.46. The first-order valence-electron chi connectivity index (χ1n) is 7.13. The number of hydrogen-bond acceptors (Lipinski definition) is 3. The van der Waals surface area contributed by atoms with Gasteiger partial charge in [0.1, 0.15) is 5.82 Å². The van der Waals surface area contributed by atoms with E-state index in [1.165, 1.54) is 18.3 Å². The van der Waals surface area contributed by atoms with Crippen LogP contribution < -0.4 is 10.6 Å². The quantitative estimate of drug-likeness (QED) is 0.887. The molecule has 1 aliphatic rings. The lowest BCUT2D eigenvalue weighted by atomic mass is 10.2. The molecule has 23 heavy (non-hydrogen) atoms. The SMILES string of the molecule is O=C(Nc1ccc(Nc2ccc(C(F)(F)F)cc2)cn1)C1CC1. The Morgan fingerprint density at radius 2 is 1.70 bits per heavy atom. The third-order valence-electron chi connectivity index (χ3n) is 3.46. The number of halogens is 3. The summed E-state index contributed by atoms with van der Waals surface area (Å²) in [4.78, 5) is 15.7. The van der Waals surface area contributed by atoms with Crippen LogP contribution in [-0.2, 0) is 11.0 Å². The molecule has 0 atom stereocenters. The summed E-state index contributed by atoms with van der Waals surface area (Å²) in [5, 5.41) is 5.67. The molecular formula is C16H14F3N3O. The van der Waals surface area contributed by atoms with Crippen molar-refractivity contribution in [2.24, 2.45) is 5.92 Å². The van der Waals surface area contributed by atoms with E-state index in [-0.39, 0.29) is 11.8 Å². The Morgan fingerprint density at radius 3 is 2.22 bits per heavy atom. The van der Waals surface area contributed by atoms with Crippen molar-refractivity contribution in [3.05, 3.63) is 48.2 Å². The molecule has 1 aliphatic carbocycles. The lowest BCUT2D eigenvalue weighted by Gasteiger charge is -2.10. The van der Waals surface area contributed by atoms with Crippen LogP contribution in [0.25, 0.3) is 0 Å². The molecule has 2 N–H and O–H groups in total. The highest BCUT2D eigenvalue weighted by molar-refractivity contribution is 5.93. The Balaban J connectivity index is 1.62. The van der Waals surface area contributed by atoms with Gasteiger partial charge in [-0.1, -0.05) is 0 Å². The average molecular weight is 321 g/mol. The lowest BCUT2D eigenvalue weighted by molar-refractivity contribution is -0.137. The lowest BCUT2D eigenvalue weighted by Crippen LogP contribution is -2.14. The van der Waals surface area contributed by atoms with E-state index in [0.717, 1.165) is 25.0 Å². The van der Waals surface area contributed by atoms with Crippen LogP contribution in [0, 0.1) is 5.92 Å². The van der Waals surface area contributed by atoms with E-state index in [0.29, 0.717) is 17.2 Å². The Hall–Kier alpha value is -2.57. The molecule has 0 unspecified atom stereocenters. The Bertz CT molecular complexity index is 692. The number of aromatic nitrogens is 1. The summed E-state index contributed by atoms with van der Waals surface area (Å²) in [6, 6.07) is 8.08. The van der Waals surface area contributed by atoms with Crippen molar-refractivity contribution in [1.82, 2.24) is 4.98 Å². The minimum atomic E-state index is -4.35. The molecule has 2 aromatic rings. The summed E-state index contributed by atoms with van der Waals surface area (Å²) in [7, 11) is 0. The first-order valence-corrected chi connectivity index (χ1v) is 7.13. The Kier molecular flexibility index (Phi) is 3.94. The van der Waals surface area contributed by atoms with E-state index in [4.69, 9.17) is 0 Å². The number of carbonyl (C=O) groups is 1. The summed E-state index contributed by atoms with van der Waals surface area (Å²) in [5.41, 5.74) is 0.447. The van der Waals surface area contributed by atoms with Gasteiger partial charge in [-0.15, -0.1) is 0 Å². The molecule has 1 aromatic carbocycles. The summed E-state index contributed by atoms with van der Waals surface area (Å²) in [6.45, 7) is 0. The highest BCUT2D eigenvalue weighted by Gasteiger charge is 2.30. The molecule has 7 heteroatoms. The molecule has 0 spiro atoms. The van der Waals surface area contributed by atoms with E-state index in [1.807, 2.05) is 0 Å². The zero-order valence-electron chi connectivity index (χ0n) is 12.0. The Labute approximate surface area is 130 Å².